The number of benzene rings is 1. The molecule has 3 heterocycles. The molecule has 0 fully saturated rings. The first-order chi connectivity index (χ1) is 22.7. The number of aromatic amines is 1. The van der Waals surface area contributed by atoms with Gasteiger partial charge in [-0.3, -0.25) is 14.9 Å². The van der Waals surface area contributed by atoms with Crippen molar-refractivity contribution in [3.8, 4) is 22.5 Å². The SMILES string of the molecule is CC/C=C\C=C(/C)c1nc[nH]c1-c1ccc2ncc(-c3ccc(/C(=C/CC)OCCN(CC(C)C)CC(C)C(C)CC)cn3)cc2c1. The molecule has 0 aliphatic rings. The van der Waals surface area contributed by atoms with Crippen molar-refractivity contribution < 1.29 is 4.74 Å². The average Bonchev–Trinajstić information content (AvgIpc) is 3.57. The van der Waals surface area contributed by atoms with Crippen molar-refractivity contribution in [1.29, 1.82) is 0 Å². The third-order valence-electron chi connectivity index (χ3n) is 8.88. The molecular formula is C41H55N5O. The summed E-state index contributed by atoms with van der Waals surface area (Å²) in [6.07, 6.45) is 17.2. The summed E-state index contributed by atoms with van der Waals surface area (Å²) in [6.45, 7) is 21.8. The number of hydrogen-bond donors (Lipinski definition) is 1. The third kappa shape index (κ3) is 9.98. The van der Waals surface area contributed by atoms with Crippen LogP contribution in [0.1, 0.15) is 85.9 Å². The van der Waals surface area contributed by atoms with Gasteiger partial charge in [0, 0.05) is 54.1 Å². The Hall–Kier alpha value is -4.03. The Morgan fingerprint density at radius 2 is 1.70 bits per heavy atom. The Labute approximate surface area is 283 Å². The third-order valence-corrected chi connectivity index (χ3v) is 8.88. The van der Waals surface area contributed by atoms with Crippen molar-refractivity contribution >= 4 is 22.2 Å². The lowest BCUT2D eigenvalue weighted by molar-refractivity contribution is 0.147. The van der Waals surface area contributed by atoms with Crippen molar-refractivity contribution in [2.45, 2.75) is 74.7 Å². The maximum absolute atomic E-state index is 6.41. The predicted molar refractivity (Wildman–Crippen MR) is 200 cm³/mol. The van der Waals surface area contributed by atoms with Crippen LogP contribution >= 0.6 is 0 Å². The minimum Gasteiger partial charge on any atom is -0.492 e. The van der Waals surface area contributed by atoms with E-state index in [2.05, 4.69) is 131 Å². The van der Waals surface area contributed by atoms with Gasteiger partial charge >= 0.3 is 0 Å². The van der Waals surface area contributed by atoms with Crippen LogP contribution in [0.2, 0.25) is 0 Å². The number of H-pyrrole nitrogens is 1. The first kappa shape index (κ1) is 35.8. The van der Waals surface area contributed by atoms with Gasteiger partial charge in [0.05, 0.1) is 28.9 Å². The Kier molecular flexibility index (Phi) is 13.5. The zero-order valence-corrected chi connectivity index (χ0v) is 29.9. The average molecular weight is 634 g/mol. The van der Waals surface area contributed by atoms with Gasteiger partial charge in [0.1, 0.15) is 12.4 Å². The number of nitrogens with one attached hydrogen (secondary N) is 1. The minimum atomic E-state index is 0.625. The molecule has 0 radical (unpaired) electrons. The molecule has 1 aromatic carbocycles. The summed E-state index contributed by atoms with van der Waals surface area (Å²) in [5.41, 5.74) is 7.96. The number of aromatic nitrogens is 4. The van der Waals surface area contributed by atoms with E-state index in [1.165, 1.54) is 6.42 Å². The number of allylic oxidation sites excluding steroid dienone is 5. The van der Waals surface area contributed by atoms with E-state index in [4.69, 9.17) is 14.7 Å². The molecule has 0 aliphatic heterocycles. The van der Waals surface area contributed by atoms with Gasteiger partial charge in [-0.2, -0.15) is 0 Å². The number of rotatable bonds is 17. The number of imidazole rings is 1. The van der Waals surface area contributed by atoms with Gasteiger partial charge in [0.2, 0.25) is 0 Å². The first-order valence-corrected chi connectivity index (χ1v) is 17.5. The molecule has 2 atom stereocenters. The summed E-state index contributed by atoms with van der Waals surface area (Å²) < 4.78 is 6.41. The van der Waals surface area contributed by atoms with Gasteiger partial charge in [-0.15, -0.1) is 0 Å². The number of ether oxygens (including phenoxy) is 1. The lowest BCUT2D eigenvalue weighted by Crippen LogP contribution is -2.36. The zero-order valence-electron chi connectivity index (χ0n) is 29.9. The van der Waals surface area contributed by atoms with E-state index in [1.54, 1.807) is 6.33 Å². The zero-order chi connectivity index (χ0) is 33.8. The molecule has 47 heavy (non-hydrogen) atoms. The molecule has 4 aromatic rings. The molecule has 250 valence electrons. The summed E-state index contributed by atoms with van der Waals surface area (Å²) in [5, 5.41) is 1.06. The van der Waals surface area contributed by atoms with Crippen LogP contribution in [0, 0.1) is 17.8 Å². The molecule has 0 aliphatic carbocycles. The van der Waals surface area contributed by atoms with Crippen LogP contribution in [0.15, 0.2) is 79.4 Å². The molecule has 0 spiro atoms. The van der Waals surface area contributed by atoms with E-state index in [-0.39, 0.29) is 0 Å². The Balaban J connectivity index is 1.49. The van der Waals surface area contributed by atoms with E-state index < -0.39 is 0 Å². The van der Waals surface area contributed by atoms with E-state index in [1.807, 2.05) is 12.4 Å². The smallest absolute Gasteiger partial charge is 0.124 e. The highest BCUT2D eigenvalue weighted by atomic mass is 16.5. The highest BCUT2D eigenvalue weighted by Gasteiger charge is 2.17. The number of nitrogens with zero attached hydrogens (tertiary/aromatic N) is 4. The summed E-state index contributed by atoms with van der Waals surface area (Å²) in [5.74, 6) is 2.91. The van der Waals surface area contributed by atoms with Crippen molar-refractivity contribution in [3.05, 3.63) is 90.7 Å². The molecule has 0 amide bonds. The molecule has 1 N–H and O–H groups in total. The summed E-state index contributed by atoms with van der Waals surface area (Å²) in [6, 6.07) is 12.7. The van der Waals surface area contributed by atoms with E-state index >= 15 is 0 Å². The Morgan fingerprint density at radius 3 is 2.40 bits per heavy atom. The molecule has 0 saturated heterocycles. The summed E-state index contributed by atoms with van der Waals surface area (Å²) in [4.78, 5) is 20.1. The van der Waals surface area contributed by atoms with E-state index in [9.17, 15) is 0 Å². The second kappa shape index (κ2) is 17.8. The van der Waals surface area contributed by atoms with Crippen molar-refractivity contribution in [2.75, 3.05) is 26.2 Å². The van der Waals surface area contributed by atoms with Crippen LogP contribution in [-0.2, 0) is 4.74 Å². The maximum atomic E-state index is 6.41. The molecule has 0 saturated carbocycles. The van der Waals surface area contributed by atoms with E-state index in [0.717, 1.165) is 94.4 Å². The molecule has 6 nitrogen and oxygen atoms in total. The summed E-state index contributed by atoms with van der Waals surface area (Å²) in [7, 11) is 0. The van der Waals surface area contributed by atoms with Crippen LogP contribution in [0.4, 0.5) is 0 Å². The number of pyridine rings is 2. The maximum Gasteiger partial charge on any atom is 0.124 e. The highest BCUT2D eigenvalue weighted by molar-refractivity contribution is 5.88. The monoisotopic (exact) mass is 633 g/mol. The van der Waals surface area contributed by atoms with E-state index in [0.29, 0.717) is 18.4 Å². The Morgan fingerprint density at radius 1 is 0.894 bits per heavy atom. The number of hydrogen-bond acceptors (Lipinski definition) is 5. The van der Waals surface area contributed by atoms with Crippen LogP contribution in [0.25, 0.3) is 44.7 Å². The second-order valence-electron chi connectivity index (χ2n) is 13.2. The molecule has 0 bridgehead atoms. The normalized spacial score (nSPS) is 14.1. The van der Waals surface area contributed by atoms with Gasteiger partial charge in [0.15, 0.2) is 0 Å². The van der Waals surface area contributed by atoms with Crippen LogP contribution < -0.4 is 0 Å². The first-order valence-electron chi connectivity index (χ1n) is 17.5. The molecule has 2 unspecified atom stereocenters. The predicted octanol–water partition coefficient (Wildman–Crippen LogP) is 10.5. The standard InChI is InChI=1S/C41H55N5O/c1-9-12-13-15-31(7)40-41(45-28-44-40)33-16-18-37-35(22-33)23-36(25-43-37)38-19-17-34(24-42-38)39(14-10-2)47-21-20-46(26-29(4)5)27-32(8)30(6)11-3/h12-19,22-25,28-30,32H,9-11,20-21,26-27H2,1-8H3,(H,44,45)/b13-12-,31-15+,39-14-. The lowest BCUT2D eigenvalue weighted by Gasteiger charge is -2.29. The lowest BCUT2D eigenvalue weighted by atomic mass is 9.93. The van der Waals surface area contributed by atoms with Gasteiger partial charge in [-0.05, 0) is 79.5 Å². The molecule has 6 heteroatoms. The summed E-state index contributed by atoms with van der Waals surface area (Å²) >= 11 is 0. The fourth-order valence-corrected chi connectivity index (χ4v) is 5.87. The quantitative estimate of drug-likeness (QED) is 0.0926. The van der Waals surface area contributed by atoms with Gasteiger partial charge in [-0.25, -0.2) is 4.98 Å². The fourth-order valence-electron chi connectivity index (χ4n) is 5.87. The van der Waals surface area contributed by atoms with Crippen molar-refractivity contribution in [1.82, 2.24) is 24.8 Å². The highest BCUT2D eigenvalue weighted by Crippen LogP contribution is 2.30. The van der Waals surface area contributed by atoms with Gasteiger partial charge in [0.25, 0.3) is 0 Å². The fraction of sp³-hybridized carbons (Fsp3) is 0.439. The largest absolute Gasteiger partial charge is 0.492 e. The van der Waals surface area contributed by atoms with Crippen LogP contribution in [-0.4, -0.2) is 51.1 Å². The molecule has 3 aromatic heterocycles. The Bertz CT molecular complexity index is 1650. The molecule has 4 rings (SSSR count). The van der Waals surface area contributed by atoms with Gasteiger partial charge < -0.3 is 9.72 Å². The topological polar surface area (TPSA) is 66.9 Å². The van der Waals surface area contributed by atoms with Crippen molar-refractivity contribution in [3.63, 3.8) is 0 Å². The second-order valence-corrected chi connectivity index (χ2v) is 13.2. The van der Waals surface area contributed by atoms with Gasteiger partial charge in [-0.1, -0.05) is 79.2 Å². The number of fused-ring (bicyclic) bond motifs is 1. The molecular weight excluding hydrogens is 578 g/mol. The van der Waals surface area contributed by atoms with Crippen molar-refractivity contribution in [2.24, 2.45) is 17.8 Å². The van der Waals surface area contributed by atoms with Crippen LogP contribution in [0.5, 0.6) is 0 Å². The minimum absolute atomic E-state index is 0.625. The van der Waals surface area contributed by atoms with Crippen LogP contribution in [0.3, 0.4) is 0 Å².